The van der Waals surface area contributed by atoms with Gasteiger partial charge in [-0.3, -0.25) is 0 Å². The maximum atomic E-state index is 10.8. The lowest BCUT2D eigenvalue weighted by Crippen LogP contribution is -2.54. The standard InChI is InChI=1S/C19H42O4Si2/c1-17(2,3)24(7,8)22-15-11-16(13-19(21,12-15)14-20)23-25(9,10)18(4,5)6/h15-16,20-21H,11-14H2,1-10H3/t15-,16-/m0/s1. The largest absolute Gasteiger partial charge is 0.414 e. The van der Waals surface area contributed by atoms with Gasteiger partial charge < -0.3 is 19.1 Å². The number of rotatable bonds is 5. The first-order valence-electron chi connectivity index (χ1n) is 9.61. The van der Waals surface area contributed by atoms with Crippen molar-refractivity contribution < 1.29 is 19.1 Å². The summed E-state index contributed by atoms with van der Waals surface area (Å²) in [6, 6.07) is 0. The summed E-state index contributed by atoms with van der Waals surface area (Å²) in [4.78, 5) is 0. The van der Waals surface area contributed by atoms with Crippen LogP contribution < -0.4 is 0 Å². The Balaban J connectivity index is 2.96. The third-order valence-corrected chi connectivity index (χ3v) is 15.6. The molecule has 0 heterocycles. The summed E-state index contributed by atoms with van der Waals surface area (Å²) in [5.74, 6) is 0. The summed E-state index contributed by atoms with van der Waals surface area (Å²) in [6.07, 6.45) is 1.69. The van der Waals surface area contributed by atoms with E-state index in [0.717, 1.165) is 6.42 Å². The molecule has 0 radical (unpaired) electrons. The van der Waals surface area contributed by atoms with Gasteiger partial charge in [-0.2, -0.15) is 0 Å². The van der Waals surface area contributed by atoms with Crippen molar-refractivity contribution in [1.29, 1.82) is 0 Å². The van der Waals surface area contributed by atoms with Crippen LogP contribution in [0.4, 0.5) is 0 Å². The van der Waals surface area contributed by atoms with E-state index in [2.05, 4.69) is 67.7 Å². The van der Waals surface area contributed by atoms with Crippen LogP contribution in [-0.4, -0.2) is 51.3 Å². The highest BCUT2D eigenvalue weighted by Crippen LogP contribution is 2.43. The van der Waals surface area contributed by atoms with Gasteiger partial charge in [0.2, 0.25) is 0 Å². The lowest BCUT2D eigenvalue weighted by atomic mass is 9.82. The van der Waals surface area contributed by atoms with E-state index in [-0.39, 0.29) is 28.9 Å². The van der Waals surface area contributed by atoms with E-state index >= 15 is 0 Å². The Hall–Kier alpha value is 0.274. The third kappa shape index (κ3) is 5.88. The van der Waals surface area contributed by atoms with Gasteiger partial charge in [0, 0.05) is 12.8 Å². The van der Waals surface area contributed by atoms with Crippen LogP contribution in [0, 0.1) is 0 Å². The van der Waals surface area contributed by atoms with Crippen molar-refractivity contribution in [3.8, 4) is 0 Å². The Labute approximate surface area is 157 Å². The van der Waals surface area contributed by atoms with Gasteiger partial charge >= 0.3 is 0 Å². The van der Waals surface area contributed by atoms with Gasteiger partial charge in [0.25, 0.3) is 0 Å². The molecule has 0 bridgehead atoms. The van der Waals surface area contributed by atoms with Crippen LogP contribution >= 0.6 is 0 Å². The Kier molecular flexibility index (Phi) is 6.86. The number of hydrogen-bond acceptors (Lipinski definition) is 4. The van der Waals surface area contributed by atoms with Crippen LogP contribution in [0.1, 0.15) is 60.8 Å². The molecule has 25 heavy (non-hydrogen) atoms. The minimum Gasteiger partial charge on any atom is -0.414 e. The van der Waals surface area contributed by atoms with Crippen LogP contribution in [0.15, 0.2) is 0 Å². The van der Waals surface area contributed by atoms with Crippen molar-refractivity contribution in [2.75, 3.05) is 6.61 Å². The molecule has 0 aromatic heterocycles. The van der Waals surface area contributed by atoms with E-state index in [0.29, 0.717) is 12.8 Å². The number of aliphatic hydroxyl groups is 2. The molecular formula is C19H42O4Si2. The molecule has 2 atom stereocenters. The minimum atomic E-state index is -1.93. The molecule has 0 unspecified atom stereocenters. The normalized spacial score (nSPS) is 29.8. The fourth-order valence-corrected chi connectivity index (χ4v) is 5.62. The summed E-state index contributed by atoms with van der Waals surface area (Å²) in [6.45, 7) is 22.1. The maximum Gasteiger partial charge on any atom is 0.192 e. The van der Waals surface area contributed by atoms with Gasteiger partial charge in [0.1, 0.15) is 0 Å². The molecule has 0 saturated heterocycles. The predicted octanol–water partition coefficient (Wildman–Crippen LogP) is 4.67. The molecule has 0 aliphatic heterocycles. The molecule has 1 aliphatic carbocycles. The molecule has 0 amide bonds. The summed E-state index contributed by atoms with van der Waals surface area (Å²) in [7, 11) is -3.86. The zero-order valence-corrected chi connectivity index (χ0v) is 20.2. The van der Waals surface area contributed by atoms with Crippen LogP contribution in [0.3, 0.4) is 0 Å². The van der Waals surface area contributed by atoms with Gasteiger partial charge in [0.05, 0.1) is 24.4 Å². The van der Waals surface area contributed by atoms with E-state index in [1.165, 1.54) is 0 Å². The molecular weight excluding hydrogens is 348 g/mol. The molecule has 1 aliphatic rings. The molecule has 1 saturated carbocycles. The van der Waals surface area contributed by atoms with Gasteiger partial charge in [-0.15, -0.1) is 0 Å². The second-order valence-electron chi connectivity index (χ2n) is 11.0. The molecule has 0 aromatic rings. The number of aliphatic hydroxyl groups excluding tert-OH is 1. The average Bonchev–Trinajstić information content (AvgIpc) is 2.34. The van der Waals surface area contributed by atoms with E-state index in [1.807, 2.05) is 0 Å². The second-order valence-corrected chi connectivity index (χ2v) is 20.5. The Morgan fingerprint density at radius 1 is 0.840 bits per heavy atom. The average molecular weight is 391 g/mol. The first-order valence-corrected chi connectivity index (χ1v) is 15.4. The fraction of sp³-hybridized carbons (Fsp3) is 1.00. The van der Waals surface area contributed by atoms with E-state index < -0.39 is 22.2 Å². The monoisotopic (exact) mass is 390 g/mol. The van der Waals surface area contributed by atoms with Gasteiger partial charge in [-0.25, -0.2) is 0 Å². The van der Waals surface area contributed by atoms with E-state index in [4.69, 9.17) is 8.85 Å². The molecule has 150 valence electrons. The fourth-order valence-electron chi connectivity index (χ4n) is 2.89. The maximum absolute atomic E-state index is 10.8. The summed E-state index contributed by atoms with van der Waals surface area (Å²) < 4.78 is 13.1. The summed E-state index contributed by atoms with van der Waals surface area (Å²) >= 11 is 0. The molecule has 0 spiro atoms. The van der Waals surface area contributed by atoms with Crippen molar-refractivity contribution in [2.24, 2.45) is 0 Å². The van der Waals surface area contributed by atoms with Gasteiger partial charge in [0.15, 0.2) is 16.6 Å². The molecule has 1 rings (SSSR count). The minimum absolute atomic E-state index is 0.0541. The predicted molar refractivity (Wildman–Crippen MR) is 110 cm³/mol. The van der Waals surface area contributed by atoms with Crippen molar-refractivity contribution >= 4 is 16.6 Å². The first kappa shape index (κ1) is 23.3. The smallest absolute Gasteiger partial charge is 0.192 e. The zero-order valence-electron chi connectivity index (χ0n) is 18.2. The highest BCUT2D eigenvalue weighted by atomic mass is 28.4. The van der Waals surface area contributed by atoms with Crippen LogP contribution in [-0.2, 0) is 8.85 Å². The Morgan fingerprint density at radius 3 is 1.40 bits per heavy atom. The highest BCUT2D eigenvalue weighted by molar-refractivity contribution is 6.74. The van der Waals surface area contributed by atoms with Crippen molar-refractivity contribution in [3.63, 3.8) is 0 Å². The second kappa shape index (κ2) is 7.36. The number of hydrogen-bond donors (Lipinski definition) is 2. The van der Waals surface area contributed by atoms with Gasteiger partial charge in [-0.1, -0.05) is 41.5 Å². The van der Waals surface area contributed by atoms with Gasteiger partial charge in [-0.05, 0) is 42.7 Å². The molecule has 1 fully saturated rings. The molecule has 2 N–H and O–H groups in total. The highest BCUT2D eigenvalue weighted by Gasteiger charge is 2.47. The van der Waals surface area contributed by atoms with Crippen LogP contribution in [0.25, 0.3) is 0 Å². The SMILES string of the molecule is CC(C)(C)[Si](C)(C)O[C@H]1C[C@H](O[Si](C)(C)C(C)(C)C)CC(O)(CO)C1. The lowest BCUT2D eigenvalue weighted by Gasteiger charge is -2.48. The molecule has 0 aromatic carbocycles. The molecule has 4 nitrogen and oxygen atoms in total. The Morgan fingerprint density at radius 2 is 1.16 bits per heavy atom. The van der Waals surface area contributed by atoms with Crippen LogP contribution in [0.2, 0.25) is 36.3 Å². The third-order valence-electron chi connectivity index (χ3n) is 6.57. The quantitative estimate of drug-likeness (QED) is 0.669. The summed E-state index contributed by atoms with van der Waals surface area (Å²) in [5.41, 5.74) is -1.10. The van der Waals surface area contributed by atoms with Crippen molar-refractivity contribution in [3.05, 3.63) is 0 Å². The molecule has 6 heteroatoms. The lowest BCUT2D eigenvalue weighted by molar-refractivity contribution is -0.107. The van der Waals surface area contributed by atoms with E-state index in [1.54, 1.807) is 0 Å². The van der Waals surface area contributed by atoms with Crippen LogP contribution in [0.5, 0.6) is 0 Å². The van der Waals surface area contributed by atoms with Crippen molar-refractivity contribution in [2.45, 2.75) is 115 Å². The zero-order chi connectivity index (χ0) is 19.9. The van der Waals surface area contributed by atoms with E-state index in [9.17, 15) is 10.2 Å². The summed E-state index contributed by atoms with van der Waals surface area (Å²) in [5, 5.41) is 20.8. The van der Waals surface area contributed by atoms with Crippen molar-refractivity contribution in [1.82, 2.24) is 0 Å². The Bertz CT molecular complexity index is 413. The topological polar surface area (TPSA) is 58.9 Å². The first-order chi connectivity index (χ1) is 10.9.